The maximum Gasteiger partial charge on any atom is 0.228 e. The van der Waals surface area contributed by atoms with Crippen molar-refractivity contribution in [1.29, 1.82) is 0 Å². The number of nitrogens with one attached hydrogen (secondary N) is 2. The summed E-state index contributed by atoms with van der Waals surface area (Å²) in [6.45, 7) is 3.98. The lowest BCUT2D eigenvalue weighted by molar-refractivity contribution is -0.115. The van der Waals surface area contributed by atoms with E-state index in [1.807, 2.05) is 36.4 Å². The number of rotatable bonds is 10. The van der Waals surface area contributed by atoms with E-state index in [0.717, 1.165) is 42.0 Å². The predicted molar refractivity (Wildman–Crippen MR) is 137 cm³/mol. The normalized spacial score (nSPS) is 12.9. The summed E-state index contributed by atoms with van der Waals surface area (Å²) in [5.41, 5.74) is 3.79. The zero-order chi connectivity index (χ0) is 24.9. The van der Waals surface area contributed by atoms with Crippen LogP contribution in [0.25, 0.3) is 22.6 Å². The molecule has 0 bridgehead atoms. The van der Waals surface area contributed by atoms with Gasteiger partial charge in [-0.3, -0.25) is 4.79 Å². The number of tetrazole rings is 1. The number of anilines is 2. The maximum atomic E-state index is 13.3. The number of carbonyl (C=O) groups is 1. The molecular weight excluding hydrogens is 457 g/mol. The third-order valence-electron chi connectivity index (χ3n) is 6.17. The molecule has 184 valence electrons. The molecule has 2 heterocycles. The molecule has 0 aliphatic heterocycles. The summed E-state index contributed by atoms with van der Waals surface area (Å²) >= 11 is 0. The fourth-order valence-electron chi connectivity index (χ4n) is 4.25. The van der Waals surface area contributed by atoms with Crippen LogP contribution in [0.15, 0.2) is 60.7 Å². The first-order valence-electron chi connectivity index (χ1n) is 12.2. The lowest BCUT2D eigenvalue weighted by atomic mass is 10.0. The van der Waals surface area contributed by atoms with Gasteiger partial charge in [-0.1, -0.05) is 43.3 Å². The molecule has 1 aliphatic carbocycles. The summed E-state index contributed by atoms with van der Waals surface area (Å²) in [7, 11) is 0. The Balaban J connectivity index is 1.50. The minimum atomic E-state index is -0.324. The zero-order valence-electron chi connectivity index (χ0n) is 20.1. The highest BCUT2D eigenvalue weighted by Gasteiger charge is 2.25. The van der Waals surface area contributed by atoms with Gasteiger partial charge in [0.2, 0.25) is 5.91 Å². The van der Waals surface area contributed by atoms with Gasteiger partial charge >= 0.3 is 0 Å². The molecule has 2 N–H and O–H groups in total. The van der Waals surface area contributed by atoms with Gasteiger partial charge in [0, 0.05) is 36.0 Å². The Morgan fingerprint density at radius 3 is 2.58 bits per heavy atom. The summed E-state index contributed by atoms with van der Waals surface area (Å²) < 4.78 is 13.3. The van der Waals surface area contributed by atoms with E-state index >= 15 is 0 Å². The summed E-state index contributed by atoms with van der Waals surface area (Å²) in [6.07, 6.45) is 3.62. The average Bonchev–Trinajstić information content (AvgIpc) is 3.53. The Morgan fingerprint density at radius 1 is 1.11 bits per heavy atom. The SMILES string of the molecule is CCCN(CC1CC1)c1cc(NC(=O)Cc2ccc(F)cc2)cc(-c2ccccc2-c2nnn[nH]2)n1. The van der Waals surface area contributed by atoms with Gasteiger partial charge in [-0.2, -0.15) is 0 Å². The number of halogens is 1. The van der Waals surface area contributed by atoms with Crippen LogP contribution in [0.4, 0.5) is 15.9 Å². The molecule has 0 atom stereocenters. The van der Waals surface area contributed by atoms with E-state index in [9.17, 15) is 9.18 Å². The van der Waals surface area contributed by atoms with Gasteiger partial charge in [0.25, 0.3) is 0 Å². The van der Waals surface area contributed by atoms with Gasteiger partial charge in [-0.25, -0.2) is 14.5 Å². The Morgan fingerprint density at radius 2 is 1.89 bits per heavy atom. The molecule has 0 saturated heterocycles. The number of pyridine rings is 1. The molecule has 8 nitrogen and oxygen atoms in total. The van der Waals surface area contributed by atoms with E-state index in [1.54, 1.807) is 12.1 Å². The Hall–Kier alpha value is -4.14. The highest BCUT2D eigenvalue weighted by Crippen LogP contribution is 2.35. The van der Waals surface area contributed by atoms with Gasteiger partial charge in [0.05, 0.1) is 12.1 Å². The molecule has 2 aromatic heterocycles. The standard InChI is InChI=1S/C27H28FN7O/c1-2-13-35(17-19-7-8-19)25-16-21(29-26(36)14-18-9-11-20(28)12-10-18)15-24(30-25)22-5-3-4-6-23(22)27-31-33-34-32-27/h3-6,9-12,15-16,19H,2,7-8,13-14,17H2,1H3,(H,29,30,36)(H,31,32,33,34). The Bertz CT molecular complexity index is 1320. The molecule has 2 aromatic carbocycles. The van der Waals surface area contributed by atoms with Crippen molar-refractivity contribution >= 4 is 17.4 Å². The van der Waals surface area contributed by atoms with Crippen molar-refractivity contribution in [3.8, 4) is 22.6 Å². The van der Waals surface area contributed by atoms with Crippen LogP contribution in [0, 0.1) is 11.7 Å². The predicted octanol–water partition coefficient (Wildman–Crippen LogP) is 4.88. The van der Waals surface area contributed by atoms with Crippen LogP contribution in [-0.2, 0) is 11.2 Å². The van der Waals surface area contributed by atoms with Gasteiger partial charge in [0.1, 0.15) is 11.6 Å². The second kappa shape index (κ2) is 10.6. The first-order chi connectivity index (χ1) is 17.6. The number of hydrogen-bond donors (Lipinski definition) is 2. The molecule has 0 unspecified atom stereocenters. The largest absolute Gasteiger partial charge is 0.356 e. The van der Waals surface area contributed by atoms with E-state index in [2.05, 4.69) is 37.8 Å². The van der Waals surface area contributed by atoms with Gasteiger partial charge in [-0.15, -0.1) is 5.10 Å². The molecule has 0 radical (unpaired) electrons. The van der Waals surface area contributed by atoms with E-state index in [1.165, 1.54) is 25.0 Å². The summed E-state index contributed by atoms with van der Waals surface area (Å²) in [4.78, 5) is 20.2. The van der Waals surface area contributed by atoms with Crippen LogP contribution in [0.5, 0.6) is 0 Å². The number of aromatic amines is 1. The minimum Gasteiger partial charge on any atom is -0.356 e. The monoisotopic (exact) mass is 485 g/mol. The molecule has 9 heteroatoms. The highest BCUT2D eigenvalue weighted by molar-refractivity contribution is 5.93. The smallest absolute Gasteiger partial charge is 0.228 e. The van der Waals surface area contributed by atoms with Crippen molar-refractivity contribution in [2.75, 3.05) is 23.3 Å². The number of aromatic nitrogens is 5. The van der Waals surface area contributed by atoms with Crippen molar-refractivity contribution < 1.29 is 9.18 Å². The van der Waals surface area contributed by atoms with Crippen molar-refractivity contribution in [2.45, 2.75) is 32.6 Å². The molecule has 5 rings (SSSR count). The van der Waals surface area contributed by atoms with E-state index in [-0.39, 0.29) is 18.1 Å². The Labute approximate surface area is 209 Å². The van der Waals surface area contributed by atoms with Crippen LogP contribution in [0.1, 0.15) is 31.7 Å². The third kappa shape index (κ3) is 5.73. The van der Waals surface area contributed by atoms with Crippen LogP contribution >= 0.6 is 0 Å². The van der Waals surface area contributed by atoms with Gasteiger partial charge in [0.15, 0.2) is 5.82 Å². The molecule has 36 heavy (non-hydrogen) atoms. The number of carbonyl (C=O) groups excluding carboxylic acids is 1. The topological polar surface area (TPSA) is 99.7 Å². The summed E-state index contributed by atoms with van der Waals surface area (Å²) in [5, 5.41) is 17.4. The molecule has 1 aliphatic rings. The van der Waals surface area contributed by atoms with Crippen LogP contribution in [0.3, 0.4) is 0 Å². The number of hydrogen-bond acceptors (Lipinski definition) is 6. The molecule has 1 amide bonds. The van der Waals surface area contributed by atoms with E-state index in [0.29, 0.717) is 23.1 Å². The highest BCUT2D eigenvalue weighted by atomic mass is 19.1. The van der Waals surface area contributed by atoms with Crippen molar-refractivity contribution in [3.63, 3.8) is 0 Å². The van der Waals surface area contributed by atoms with Crippen molar-refractivity contribution in [2.24, 2.45) is 5.92 Å². The number of benzene rings is 2. The number of H-pyrrole nitrogens is 1. The average molecular weight is 486 g/mol. The van der Waals surface area contributed by atoms with E-state index < -0.39 is 0 Å². The lowest BCUT2D eigenvalue weighted by Gasteiger charge is -2.25. The van der Waals surface area contributed by atoms with Gasteiger partial charge in [-0.05, 0) is 59.4 Å². The second-order valence-electron chi connectivity index (χ2n) is 9.14. The molecule has 0 spiro atoms. The van der Waals surface area contributed by atoms with Crippen LogP contribution < -0.4 is 10.2 Å². The molecule has 1 fully saturated rings. The molecule has 1 saturated carbocycles. The van der Waals surface area contributed by atoms with Crippen LogP contribution in [0.2, 0.25) is 0 Å². The van der Waals surface area contributed by atoms with Crippen LogP contribution in [-0.4, -0.2) is 44.6 Å². The zero-order valence-corrected chi connectivity index (χ0v) is 20.1. The molecule has 4 aromatic rings. The summed E-state index contributed by atoms with van der Waals surface area (Å²) in [5.74, 6) is 1.55. The first kappa shape index (κ1) is 23.6. The second-order valence-corrected chi connectivity index (χ2v) is 9.14. The first-order valence-corrected chi connectivity index (χ1v) is 12.2. The van der Waals surface area contributed by atoms with Gasteiger partial charge < -0.3 is 10.2 Å². The minimum absolute atomic E-state index is 0.147. The quantitative estimate of drug-likeness (QED) is 0.332. The van der Waals surface area contributed by atoms with E-state index in [4.69, 9.17) is 4.98 Å². The number of nitrogens with zero attached hydrogens (tertiary/aromatic N) is 5. The Kier molecular flexibility index (Phi) is 6.97. The summed E-state index contributed by atoms with van der Waals surface area (Å²) in [6, 6.07) is 17.6. The fourth-order valence-corrected chi connectivity index (χ4v) is 4.25. The van der Waals surface area contributed by atoms with Crippen molar-refractivity contribution in [1.82, 2.24) is 25.6 Å². The fraction of sp³-hybridized carbons (Fsp3) is 0.296. The maximum absolute atomic E-state index is 13.3. The molecular formula is C27H28FN7O. The third-order valence-corrected chi connectivity index (χ3v) is 6.17. The lowest BCUT2D eigenvalue weighted by Crippen LogP contribution is -2.27. The van der Waals surface area contributed by atoms with Crippen molar-refractivity contribution in [3.05, 3.63) is 72.0 Å². The number of amides is 1.